The summed E-state index contributed by atoms with van der Waals surface area (Å²) in [7, 11) is 0. The Hall–Kier alpha value is -3.15. The van der Waals surface area contributed by atoms with E-state index in [4.69, 9.17) is 10.5 Å². The quantitative estimate of drug-likeness (QED) is 0.707. The van der Waals surface area contributed by atoms with Gasteiger partial charge in [0.05, 0.1) is 18.4 Å². The highest BCUT2D eigenvalue weighted by molar-refractivity contribution is 5.68. The van der Waals surface area contributed by atoms with Crippen molar-refractivity contribution in [2.45, 2.75) is 26.9 Å². The van der Waals surface area contributed by atoms with Crippen molar-refractivity contribution in [2.75, 3.05) is 17.6 Å². The first-order valence-corrected chi connectivity index (χ1v) is 8.54. The lowest BCUT2D eigenvalue weighted by atomic mass is 10.0. The third-order valence-corrected chi connectivity index (χ3v) is 4.17. The lowest BCUT2D eigenvalue weighted by Crippen LogP contribution is -2.23. The maximum absolute atomic E-state index is 5.91. The van der Waals surface area contributed by atoms with Crippen molar-refractivity contribution in [3.8, 4) is 17.0 Å². The zero-order valence-electron chi connectivity index (χ0n) is 15.2. The van der Waals surface area contributed by atoms with Gasteiger partial charge < -0.3 is 15.8 Å². The van der Waals surface area contributed by atoms with E-state index >= 15 is 0 Å². The van der Waals surface area contributed by atoms with Crippen LogP contribution in [-0.2, 0) is 0 Å². The molecule has 0 saturated heterocycles. The maximum atomic E-state index is 5.91. The van der Waals surface area contributed by atoms with Gasteiger partial charge >= 0.3 is 0 Å². The molecule has 0 fully saturated rings. The van der Waals surface area contributed by atoms with E-state index in [1.165, 1.54) is 11.1 Å². The summed E-state index contributed by atoms with van der Waals surface area (Å²) in [6, 6.07) is 11.8. The van der Waals surface area contributed by atoms with Crippen molar-refractivity contribution in [3.63, 3.8) is 0 Å². The molecule has 134 valence electrons. The number of nitrogen functional groups attached to an aromatic ring is 1. The van der Waals surface area contributed by atoms with Crippen molar-refractivity contribution in [1.29, 1.82) is 0 Å². The van der Waals surface area contributed by atoms with Crippen LogP contribution < -0.4 is 15.8 Å². The van der Waals surface area contributed by atoms with Gasteiger partial charge in [-0.15, -0.1) is 0 Å². The molecular formula is C20H23N5O. The van der Waals surface area contributed by atoms with Gasteiger partial charge in [-0.05, 0) is 44.0 Å². The highest BCUT2D eigenvalue weighted by Crippen LogP contribution is 2.26. The van der Waals surface area contributed by atoms with Gasteiger partial charge in [-0.2, -0.15) is 4.98 Å². The van der Waals surface area contributed by atoms with Crippen molar-refractivity contribution in [2.24, 2.45) is 0 Å². The molecule has 3 N–H and O–H groups in total. The summed E-state index contributed by atoms with van der Waals surface area (Å²) < 4.78 is 5.82. The van der Waals surface area contributed by atoms with Gasteiger partial charge in [0.2, 0.25) is 5.95 Å². The molecule has 0 bridgehead atoms. The number of benzene rings is 1. The molecule has 6 nitrogen and oxygen atoms in total. The van der Waals surface area contributed by atoms with Gasteiger partial charge in [0.25, 0.3) is 0 Å². The van der Waals surface area contributed by atoms with Crippen molar-refractivity contribution in [1.82, 2.24) is 15.0 Å². The smallest absolute Gasteiger partial charge is 0.222 e. The third-order valence-electron chi connectivity index (χ3n) is 4.17. The maximum Gasteiger partial charge on any atom is 0.222 e. The van der Waals surface area contributed by atoms with Crippen LogP contribution in [0.1, 0.15) is 18.1 Å². The van der Waals surface area contributed by atoms with Crippen LogP contribution in [0.25, 0.3) is 11.3 Å². The van der Waals surface area contributed by atoms with Crippen LogP contribution in [0.4, 0.5) is 11.8 Å². The highest BCUT2D eigenvalue weighted by Gasteiger charge is 2.10. The Kier molecular flexibility index (Phi) is 5.31. The minimum atomic E-state index is -0.0560. The second-order valence-electron chi connectivity index (χ2n) is 6.24. The Morgan fingerprint density at radius 3 is 2.77 bits per heavy atom. The molecule has 0 aliphatic rings. The van der Waals surface area contributed by atoms with Crippen LogP contribution >= 0.6 is 0 Å². The molecule has 2 aromatic heterocycles. The average Bonchev–Trinajstić information content (AvgIpc) is 2.63. The zero-order valence-corrected chi connectivity index (χ0v) is 15.2. The Morgan fingerprint density at radius 1 is 1.15 bits per heavy atom. The van der Waals surface area contributed by atoms with Crippen LogP contribution in [0.5, 0.6) is 5.75 Å². The molecule has 1 unspecified atom stereocenters. The number of aryl methyl sites for hydroxylation is 1. The topological polar surface area (TPSA) is 86.0 Å². The minimum absolute atomic E-state index is 0.0560. The first-order chi connectivity index (χ1) is 12.5. The number of anilines is 2. The monoisotopic (exact) mass is 349 g/mol. The fourth-order valence-electron chi connectivity index (χ4n) is 2.66. The van der Waals surface area contributed by atoms with E-state index in [-0.39, 0.29) is 12.1 Å². The molecule has 0 saturated carbocycles. The fraction of sp³-hybridized carbons (Fsp3) is 0.250. The molecule has 1 atom stereocenters. The number of pyridine rings is 1. The van der Waals surface area contributed by atoms with Gasteiger partial charge in [-0.25, -0.2) is 4.98 Å². The van der Waals surface area contributed by atoms with Crippen molar-refractivity contribution in [3.05, 3.63) is 59.9 Å². The first kappa shape index (κ1) is 17.7. The standard InChI is InChI=1S/C20H23N5O/c1-13-6-4-8-17(15(13)3)18-10-19(25-20(21)24-18)23-11-14(2)26-16-7-5-9-22-12-16/h4-10,12,14H,11H2,1-3H3,(H3,21,23,24,25). The number of nitrogens with zero attached hydrogens (tertiary/aromatic N) is 3. The van der Waals surface area contributed by atoms with Gasteiger partial charge in [0, 0.05) is 17.8 Å². The first-order valence-electron chi connectivity index (χ1n) is 8.54. The molecule has 1 aromatic carbocycles. The lowest BCUT2D eigenvalue weighted by Gasteiger charge is -2.16. The molecule has 2 heterocycles. The third kappa shape index (κ3) is 4.27. The number of nitrogens with one attached hydrogen (secondary N) is 1. The molecular weight excluding hydrogens is 326 g/mol. The molecule has 0 radical (unpaired) electrons. The van der Waals surface area contributed by atoms with E-state index in [1.807, 2.05) is 37.3 Å². The van der Waals surface area contributed by atoms with E-state index < -0.39 is 0 Å². The van der Waals surface area contributed by atoms with Crippen LogP contribution in [0.2, 0.25) is 0 Å². The SMILES string of the molecule is Cc1cccc(-c2cc(NCC(C)Oc3cccnc3)nc(N)n2)c1C. The Balaban J connectivity index is 1.73. The summed E-state index contributed by atoms with van der Waals surface area (Å²) in [6.07, 6.45) is 3.35. The largest absolute Gasteiger partial charge is 0.487 e. The van der Waals surface area contributed by atoms with E-state index in [0.717, 1.165) is 17.0 Å². The predicted molar refractivity (Wildman–Crippen MR) is 104 cm³/mol. The van der Waals surface area contributed by atoms with E-state index in [0.29, 0.717) is 12.4 Å². The van der Waals surface area contributed by atoms with Gasteiger partial charge in [0.15, 0.2) is 0 Å². The summed E-state index contributed by atoms with van der Waals surface area (Å²) in [5.74, 6) is 1.65. The average molecular weight is 349 g/mol. The molecule has 3 rings (SSSR count). The van der Waals surface area contributed by atoms with Gasteiger partial charge in [0.1, 0.15) is 17.7 Å². The Bertz CT molecular complexity index is 883. The second kappa shape index (κ2) is 7.82. The predicted octanol–water partition coefficient (Wildman–Crippen LogP) is 3.62. The second-order valence-corrected chi connectivity index (χ2v) is 6.24. The molecule has 26 heavy (non-hydrogen) atoms. The zero-order chi connectivity index (χ0) is 18.5. The van der Waals surface area contributed by atoms with Crippen molar-refractivity contribution >= 4 is 11.8 Å². The number of rotatable bonds is 6. The number of ether oxygens (including phenoxy) is 1. The molecule has 0 aliphatic carbocycles. The minimum Gasteiger partial charge on any atom is -0.487 e. The number of aromatic nitrogens is 3. The van der Waals surface area contributed by atoms with Crippen LogP contribution in [0.3, 0.4) is 0 Å². The number of hydrogen-bond acceptors (Lipinski definition) is 6. The normalized spacial score (nSPS) is 11.8. The van der Waals surface area contributed by atoms with Gasteiger partial charge in [-0.3, -0.25) is 4.98 Å². The Morgan fingerprint density at radius 2 is 2.00 bits per heavy atom. The van der Waals surface area contributed by atoms with Crippen molar-refractivity contribution < 1.29 is 4.74 Å². The highest BCUT2D eigenvalue weighted by atomic mass is 16.5. The van der Waals surface area contributed by atoms with Crippen LogP contribution in [-0.4, -0.2) is 27.6 Å². The molecule has 6 heteroatoms. The number of hydrogen-bond donors (Lipinski definition) is 2. The summed E-state index contributed by atoms with van der Waals surface area (Å²) in [4.78, 5) is 12.7. The summed E-state index contributed by atoms with van der Waals surface area (Å²) >= 11 is 0. The van der Waals surface area contributed by atoms with E-state index in [2.05, 4.69) is 40.2 Å². The van der Waals surface area contributed by atoms with E-state index in [9.17, 15) is 0 Å². The lowest BCUT2D eigenvalue weighted by molar-refractivity contribution is 0.234. The fourth-order valence-corrected chi connectivity index (χ4v) is 2.66. The molecule has 0 aliphatic heterocycles. The van der Waals surface area contributed by atoms with Crippen LogP contribution in [0.15, 0.2) is 48.8 Å². The Labute approximate surface area is 153 Å². The molecule has 0 spiro atoms. The summed E-state index contributed by atoms with van der Waals surface area (Å²) in [5, 5.41) is 3.27. The molecule has 0 amide bonds. The van der Waals surface area contributed by atoms with E-state index in [1.54, 1.807) is 12.4 Å². The number of nitrogens with two attached hydrogens (primary N) is 1. The summed E-state index contributed by atoms with van der Waals surface area (Å²) in [6.45, 7) is 6.73. The van der Waals surface area contributed by atoms with Crippen LogP contribution in [0, 0.1) is 13.8 Å². The molecule has 3 aromatic rings. The summed E-state index contributed by atoms with van der Waals surface area (Å²) in [5.41, 5.74) is 10.2. The van der Waals surface area contributed by atoms with Gasteiger partial charge in [-0.1, -0.05) is 18.2 Å².